The first-order valence-corrected chi connectivity index (χ1v) is 8.35. The molecule has 10 heteroatoms. The lowest BCUT2D eigenvalue weighted by Crippen LogP contribution is -2.27. The molecule has 0 saturated heterocycles. The first-order chi connectivity index (χ1) is 9.73. The summed E-state index contributed by atoms with van der Waals surface area (Å²) in [4.78, 5) is 11.5. The lowest BCUT2D eigenvalue weighted by Gasteiger charge is -2.16. The number of aryl methyl sites for hydroxylation is 1. The first kappa shape index (κ1) is 16.0. The van der Waals surface area contributed by atoms with Crippen molar-refractivity contribution in [2.45, 2.75) is 18.4 Å². The molecule has 0 unspecified atom stereocenters. The number of aromatic nitrogens is 2. The second kappa shape index (κ2) is 5.76. The summed E-state index contributed by atoms with van der Waals surface area (Å²) in [5, 5.41) is 15.0. The van der Waals surface area contributed by atoms with Crippen LogP contribution in [0, 0.1) is 6.92 Å². The van der Waals surface area contributed by atoms with E-state index in [1.165, 1.54) is 25.3 Å². The third kappa shape index (κ3) is 3.10. The molecule has 0 saturated carbocycles. The van der Waals surface area contributed by atoms with Crippen molar-refractivity contribution in [2.24, 2.45) is 0 Å². The van der Waals surface area contributed by atoms with Gasteiger partial charge >= 0.3 is 5.97 Å². The predicted octanol–water partition coefficient (Wildman–Crippen LogP) is 1.95. The molecule has 0 atom stereocenters. The Morgan fingerprint density at radius 3 is 2.71 bits per heavy atom. The van der Waals surface area contributed by atoms with Gasteiger partial charge in [-0.3, -0.25) is 5.10 Å². The van der Waals surface area contributed by atoms with E-state index in [1.807, 2.05) is 0 Å². The molecule has 0 aliphatic heterocycles. The number of rotatable bonds is 5. The van der Waals surface area contributed by atoms with Crippen molar-refractivity contribution < 1.29 is 18.3 Å². The number of hydrogen-bond acceptors (Lipinski definition) is 5. The number of carboxylic acid groups (broad SMARTS) is 1. The number of hydrogen-bond donors (Lipinski definition) is 2. The van der Waals surface area contributed by atoms with Crippen molar-refractivity contribution in [1.82, 2.24) is 14.5 Å². The monoisotopic (exact) mass is 349 g/mol. The van der Waals surface area contributed by atoms with Gasteiger partial charge < -0.3 is 5.11 Å². The van der Waals surface area contributed by atoms with Crippen LogP contribution in [0.2, 0.25) is 4.34 Å². The van der Waals surface area contributed by atoms with Gasteiger partial charge in [0.05, 0.1) is 10.0 Å². The highest BCUT2D eigenvalue weighted by Crippen LogP contribution is 2.26. The zero-order valence-electron chi connectivity index (χ0n) is 11.1. The van der Waals surface area contributed by atoms with E-state index in [2.05, 4.69) is 10.2 Å². The molecule has 0 aromatic carbocycles. The molecule has 0 bridgehead atoms. The fourth-order valence-electron chi connectivity index (χ4n) is 1.78. The average molecular weight is 350 g/mol. The van der Waals surface area contributed by atoms with Crippen molar-refractivity contribution in [3.05, 3.63) is 32.7 Å². The van der Waals surface area contributed by atoms with Crippen LogP contribution in [0.15, 0.2) is 17.0 Å². The summed E-state index contributed by atoms with van der Waals surface area (Å²) in [6.07, 6.45) is 0. The summed E-state index contributed by atoms with van der Waals surface area (Å²) >= 11 is 7.07. The number of halogens is 1. The maximum atomic E-state index is 12.5. The predicted molar refractivity (Wildman–Crippen MR) is 78.3 cm³/mol. The van der Waals surface area contributed by atoms with Gasteiger partial charge in [-0.2, -0.15) is 9.40 Å². The highest BCUT2D eigenvalue weighted by atomic mass is 35.5. The van der Waals surface area contributed by atoms with Crippen LogP contribution in [0.4, 0.5) is 0 Å². The normalized spacial score (nSPS) is 12.0. The number of sulfonamides is 1. The maximum Gasteiger partial charge on any atom is 0.357 e. The lowest BCUT2D eigenvalue weighted by molar-refractivity contribution is 0.0686. The summed E-state index contributed by atoms with van der Waals surface area (Å²) < 4.78 is 26.7. The Morgan fingerprint density at radius 1 is 1.52 bits per heavy atom. The van der Waals surface area contributed by atoms with Crippen LogP contribution in [-0.2, 0) is 16.6 Å². The van der Waals surface area contributed by atoms with Gasteiger partial charge in [0, 0.05) is 18.5 Å². The smallest absolute Gasteiger partial charge is 0.357 e. The largest absolute Gasteiger partial charge is 0.476 e. The summed E-state index contributed by atoms with van der Waals surface area (Å²) in [6, 6.07) is 3.40. The molecule has 7 nitrogen and oxygen atoms in total. The molecule has 0 spiro atoms. The Morgan fingerprint density at radius 2 is 2.19 bits per heavy atom. The van der Waals surface area contributed by atoms with Crippen LogP contribution in [0.1, 0.15) is 21.1 Å². The Kier molecular flexibility index (Phi) is 4.38. The minimum Gasteiger partial charge on any atom is -0.476 e. The summed E-state index contributed by atoms with van der Waals surface area (Å²) in [7, 11) is -2.59. The third-order valence-electron chi connectivity index (χ3n) is 2.77. The van der Waals surface area contributed by atoms with E-state index in [4.69, 9.17) is 16.7 Å². The fraction of sp³-hybridized carbons (Fsp3) is 0.273. The first-order valence-electron chi connectivity index (χ1n) is 5.72. The molecule has 114 valence electrons. The lowest BCUT2D eigenvalue weighted by atomic mass is 10.4. The standard InChI is InChI=1S/C11H12ClN3O4S2/c1-6-10(9(11(16)17)14-13-6)21(18,19)15(2)5-7-3-4-8(12)20-7/h3-4H,5H2,1-2H3,(H,13,14)(H,16,17). The van der Waals surface area contributed by atoms with Gasteiger partial charge in [-0.05, 0) is 19.1 Å². The van der Waals surface area contributed by atoms with Gasteiger partial charge in [-0.15, -0.1) is 11.3 Å². The topological polar surface area (TPSA) is 103 Å². The second-order valence-electron chi connectivity index (χ2n) is 4.30. The molecule has 2 N–H and O–H groups in total. The number of carbonyl (C=O) groups is 1. The summed E-state index contributed by atoms with van der Waals surface area (Å²) in [6.45, 7) is 1.56. The molecule has 0 aliphatic carbocycles. The van der Waals surface area contributed by atoms with E-state index in [0.29, 0.717) is 4.34 Å². The zero-order chi connectivity index (χ0) is 15.8. The number of aromatic carboxylic acids is 1. The Labute approximate surface area is 130 Å². The Balaban J connectivity index is 2.37. The Hall–Kier alpha value is -1.42. The van der Waals surface area contributed by atoms with Gasteiger partial charge in [0.1, 0.15) is 4.90 Å². The zero-order valence-corrected chi connectivity index (χ0v) is 13.5. The van der Waals surface area contributed by atoms with Gasteiger partial charge in [0.25, 0.3) is 0 Å². The van der Waals surface area contributed by atoms with E-state index < -0.39 is 21.7 Å². The number of nitrogens with one attached hydrogen (secondary N) is 1. The number of nitrogens with zero attached hydrogens (tertiary/aromatic N) is 2. The molecule has 0 amide bonds. The molecule has 2 heterocycles. The van der Waals surface area contributed by atoms with E-state index >= 15 is 0 Å². The van der Waals surface area contributed by atoms with Crippen LogP contribution in [0.5, 0.6) is 0 Å². The van der Waals surface area contributed by atoms with Gasteiger partial charge in [-0.1, -0.05) is 11.6 Å². The van der Waals surface area contributed by atoms with Crippen molar-refractivity contribution >= 4 is 38.9 Å². The quantitative estimate of drug-likeness (QED) is 0.858. The molecule has 21 heavy (non-hydrogen) atoms. The maximum absolute atomic E-state index is 12.5. The summed E-state index contributed by atoms with van der Waals surface area (Å²) in [5.41, 5.74) is -0.327. The van der Waals surface area contributed by atoms with E-state index in [0.717, 1.165) is 9.18 Å². The highest BCUT2D eigenvalue weighted by Gasteiger charge is 2.31. The van der Waals surface area contributed by atoms with Gasteiger partial charge in [0.2, 0.25) is 10.0 Å². The van der Waals surface area contributed by atoms with Crippen LogP contribution >= 0.6 is 22.9 Å². The number of aromatic amines is 1. The van der Waals surface area contributed by atoms with Crippen molar-refractivity contribution in [3.63, 3.8) is 0 Å². The van der Waals surface area contributed by atoms with Crippen molar-refractivity contribution in [2.75, 3.05) is 7.05 Å². The molecule has 2 aromatic rings. The molecule has 0 radical (unpaired) electrons. The fourth-order valence-corrected chi connectivity index (χ4v) is 4.43. The number of thiophene rings is 1. The molecular weight excluding hydrogens is 338 g/mol. The van der Waals surface area contributed by atoms with Crippen LogP contribution in [0.25, 0.3) is 0 Å². The highest BCUT2D eigenvalue weighted by molar-refractivity contribution is 7.89. The van der Waals surface area contributed by atoms with Gasteiger partial charge in [0.15, 0.2) is 5.69 Å². The van der Waals surface area contributed by atoms with Crippen LogP contribution < -0.4 is 0 Å². The SMILES string of the molecule is Cc1[nH]nc(C(=O)O)c1S(=O)(=O)N(C)Cc1ccc(Cl)s1. The molecule has 0 fully saturated rings. The van der Waals surface area contributed by atoms with E-state index in [-0.39, 0.29) is 17.1 Å². The van der Waals surface area contributed by atoms with Crippen LogP contribution in [0.3, 0.4) is 0 Å². The molecular formula is C11H12ClN3O4S2. The number of H-pyrrole nitrogens is 1. The molecule has 2 aromatic heterocycles. The second-order valence-corrected chi connectivity index (χ2v) is 8.08. The van der Waals surface area contributed by atoms with Crippen molar-refractivity contribution in [1.29, 1.82) is 0 Å². The molecule has 0 aliphatic rings. The minimum atomic E-state index is -3.97. The minimum absolute atomic E-state index is 0.101. The van der Waals surface area contributed by atoms with Crippen LogP contribution in [-0.4, -0.2) is 41.0 Å². The third-order valence-corrected chi connectivity index (χ3v) is 5.95. The van der Waals surface area contributed by atoms with E-state index in [9.17, 15) is 13.2 Å². The average Bonchev–Trinajstić information content (AvgIpc) is 2.95. The molecule has 2 rings (SSSR count). The Bertz CT molecular complexity index is 781. The summed E-state index contributed by atoms with van der Waals surface area (Å²) in [5.74, 6) is -1.40. The van der Waals surface area contributed by atoms with Gasteiger partial charge in [-0.25, -0.2) is 13.2 Å². The number of carboxylic acids is 1. The van der Waals surface area contributed by atoms with Crippen molar-refractivity contribution in [3.8, 4) is 0 Å². The van der Waals surface area contributed by atoms with E-state index in [1.54, 1.807) is 12.1 Å².